The standard InChI is InChI=1S/C19H26ClN3O3/c20-16-6-4-15(5-7-16)17-13-22(11-12-26-17)14-18(24)21-8-2-10-23-9-1-3-19(23)25/h4-7,17H,1-3,8-14H2,(H,21,24). The molecule has 2 saturated heterocycles. The first kappa shape index (κ1) is 19.1. The van der Waals surface area contributed by atoms with Gasteiger partial charge < -0.3 is 15.0 Å². The van der Waals surface area contributed by atoms with Crippen LogP contribution in [-0.2, 0) is 14.3 Å². The summed E-state index contributed by atoms with van der Waals surface area (Å²) in [5.74, 6) is 0.257. The van der Waals surface area contributed by atoms with Gasteiger partial charge in [-0.15, -0.1) is 0 Å². The van der Waals surface area contributed by atoms with Gasteiger partial charge in [0.1, 0.15) is 0 Å². The molecule has 26 heavy (non-hydrogen) atoms. The van der Waals surface area contributed by atoms with E-state index in [-0.39, 0.29) is 17.9 Å². The molecule has 2 fully saturated rings. The quantitative estimate of drug-likeness (QED) is 0.734. The molecular weight excluding hydrogens is 354 g/mol. The summed E-state index contributed by atoms with van der Waals surface area (Å²) in [5.41, 5.74) is 1.08. The van der Waals surface area contributed by atoms with E-state index in [0.29, 0.717) is 37.7 Å². The summed E-state index contributed by atoms with van der Waals surface area (Å²) in [6.07, 6.45) is 2.39. The number of rotatable bonds is 7. The Morgan fingerprint density at radius 1 is 1.27 bits per heavy atom. The number of amides is 2. The second kappa shape index (κ2) is 9.35. The predicted molar refractivity (Wildman–Crippen MR) is 100 cm³/mol. The van der Waals surface area contributed by atoms with Crippen molar-refractivity contribution in [3.05, 3.63) is 34.9 Å². The number of nitrogens with one attached hydrogen (secondary N) is 1. The minimum atomic E-state index is -0.0324. The van der Waals surface area contributed by atoms with Crippen molar-refractivity contribution in [2.45, 2.75) is 25.4 Å². The predicted octanol–water partition coefficient (Wildman–Crippen LogP) is 1.84. The van der Waals surface area contributed by atoms with Gasteiger partial charge in [-0.25, -0.2) is 0 Å². The van der Waals surface area contributed by atoms with Crippen LogP contribution >= 0.6 is 11.6 Å². The van der Waals surface area contributed by atoms with Crippen LogP contribution in [0.25, 0.3) is 0 Å². The molecule has 1 atom stereocenters. The number of carbonyl (C=O) groups is 2. The van der Waals surface area contributed by atoms with Gasteiger partial charge in [0, 0.05) is 44.2 Å². The highest BCUT2D eigenvalue weighted by molar-refractivity contribution is 6.30. The number of hydrogen-bond acceptors (Lipinski definition) is 4. The normalized spacial score (nSPS) is 21.2. The average molecular weight is 380 g/mol. The van der Waals surface area contributed by atoms with Crippen LogP contribution in [-0.4, -0.2) is 67.5 Å². The Balaban J connectivity index is 1.37. The lowest BCUT2D eigenvalue weighted by Crippen LogP contribution is -2.44. The Hall–Kier alpha value is -1.63. The Bertz CT molecular complexity index is 623. The van der Waals surface area contributed by atoms with Gasteiger partial charge in [-0.1, -0.05) is 23.7 Å². The highest BCUT2D eigenvalue weighted by atomic mass is 35.5. The first-order chi connectivity index (χ1) is 12.6. The maximum atomic E-state index is 12.2. The van der Waals surface area contributed by atoms with Crippen LogP contribution in [0.1, 0.15) is 30.9 Å². The van der Waals surface area contributed by atoms with Gasteiger partial charge >= 0.3 is 0 Å². The monoisotopic (exact) mass is 379 g/mol. The number of morpholine rings is 1. The molecule has 0 radical (unpaired) electrons. The van der Waals surface area contributed by atoms with E-state index in [4.69, 9.17) is 16.3 Å². The molecule has 2 aliphatic heterocycles. The number of nitrogens with zero attached hydrogens (tertiary/aromatic N) is 2. The summed E-state index contributed by atoms with van der Waals surface area (Å²) < 4.78 is 5.83. The van der Waals surface area contributed by atoms with Crippen molar-refractivity contribution in [2.24, 2.45) is 0 Å². The fourth-order valence-corrected chi connectivity index (χ4v) is 3.55. The number of benzene rings is 1. The summed E-state index contributed by atoms with van der Waals surface area (Å²) in [4.78, 5) is 27.7. The second-order valence-corrected chi connectivity index (χ2v) is 7.27. The van der Waals surface area contributed by atoms with Gasteiger partial charge in [0.25, 0.3) is 0 Å². The van der Waals surface area contributed by atoms with Crippen LogP contribution in [0.3, 0.4) is 0 Å². The molecular formula is C19H26ClN3O3. The molecule has 142 valence electrons. The Morgan fingerprint density at radius 3 is 2.81 bits per heavy atom. The summed E-state index contributed by atoms with van der Waals surface area (Å²) in [6, 6.07) is 7.65. The number of hydrogen-bond donors (Lipinski definition) is 1. The number of likely N-dealkylation sites (tertiary alicyclic amines) is 1. The third kappa shape index (κ3) is 5.43. The van der Waals surface area contributed by atoms with E-state index in [2.05, 4.69) is 10.2 Å². The number of ether oxygens (including phenoxy) is 1. The van der Waals surface area contributed by atoms with E-state index < -0.39 is 0 Å². The second-order valence-electron chi connectivity index (χ2n) is 6.83. The van der Waals surface area contributed by atoms with Crippen molar-refractivity contribution in [3.63, 3.8) is 0 Å². The molecule has 0 saturated carbocycles. The third-order valence-corrected chi connectivity index (χ3v) is 5.11. The molecule has 6 nitrogen and oxygen atoms in total. The molecule has 2 amide bonds. The molecule has 7 heteroatoms. The Labute approximate surface area is 159 Å². The van der Waals surface area contributed by atoms with E-state index >= 15 is 0 Å². The van der Waals surface area contributed by atoms with Gasteiger partial charge in [-0.05, 0) is 30.5 Å². The van der Waals surface area contributed by atoms with Crippen molar-refractivity contribution in [1.29, 1.82) is 0 Å². The van der Waals surface area contributed by atoms with E-state index in [1.807, 2.05) is 29.2 Å². The van der Waals surface area contributed by atoms with Crippen LogP contribution in [0.15, 0.2) is 24.3 Å². The van der Waals surface area contributed by atoms with Gasteiger partial charge in [-0.2, -0.15) is 0 Å². The highest BCUT2D eigenvalue weighted by Gasteiger charge is 2.23. The molecule has 0 aromatic heterocycles. The van der Waals surface area contributed by atoms with E-state index in [1.54, 1.807) is 0 Å². The Morgan fingerprint density at radius 2 is 2.08 bits per heavy atom. The summed E-state index contributed by atoms with van der Waals surface area (Å²) >= 11 is 5.93. The maximum absolute atomic E-state index is 12.2. The molecule has 1 unspecified atom stereocenters. The molecule has 1 aromatic rings. The van der Waals surface area contributed by atoms with Crippen molar-refractivity contribution < 1.29 is 14.3 Å². The molecule has 0 bridgehead atoms. The maximum Gasteiger partial charge on any atom is 0.234 e. The highest BCUT2D eigenvalue weighted by Crippen LogP contribution is 2.23. The fraction of sp³-hybridized carbons (Fsp3) is 0.579. The van der Waals surface area contributed by atoms with E-state index in [9.17, 15) is 9.59 Å². The average Bonchev–Trinajstić information content (AvgIpc) is 3.04. The van der Waals surface area contributed by atoms with Gasteiger partial charge in [0.05, 0.1) is 19.3 Å². The topological polar surface area (TPSA) is 61.9 Å². The third-order valence-electron chi connectivity index (χ3n) is 4.86. The van der Waals surface area contributed by atoms with Crippen LogP contribution < -0.4 is 5.32 Å². The largest absolute Gasteiger partial charge is 0.371 e. The van der Waals surface area contributed by atoms with Gasteiger partial charge in [0.2, 0.25) is 11.8 Å². The summed E-state index contributed by atoms with van der Waals surface area (Å²) in [6.45, 7) is 4.61. The molecule has 1 aromatic carbocycles. The van der Waals surface area contributed by atoms with Crippen molar-refractivity contribution in [2.75, 3.05) is 45.9 Å². The zero-order valence-electron chi connectivity index (χ0n) is 15.0. The minimum absolute atomic E-state index is 0.0227. The van der Waals surface area contributed by atoms with Crippen molar-refractivity contribution in [1.82, 2.24) is 15.1 Å². The SMILES string of the molecule is O=C(CN1CCOC(c2ccc(Cl)cc2)C1)NCCCN1CCCC1=O. The van der Waals surface area contributed by atoms with Crippen molar-refractivity contribution in [3.8, 4) is 0 Å². The van der Waals surface area contributed by atoms with E-state index in [1.165, 1.54) is 0 Å². The molecule has 2 heterocycles. The van der Waals surface area contributed by atoms with Crippen LogP contribution in [0.4, 0.5) is 0 Å². The summed E-state index contributed by atoms with van der Waals surface area (Å²) in [7, 11) is 0. The van der Waals surface area contributed by atoms with Crippen LogP contribution in [0.5, 0.6) is 0 Å². The summed E-state index contributed by atoms with van der Waals surface area (Å²) in [5, 5.41) is 3.66. The molecule has 3 rings (SSSR count). The fourth-order valence-electron chi connectivity index (χ4n) is 3.42. The van der Waals surface area contributed by atoms with E-state index in [0.717, 1.165) is 38.0 Å². The lowest BCUT2D eigenvalue weighted by Gasteiger charge is -2.32. The van der Waals surface area contributed by atoms with Crippen LogP contribution in [0, 0.1) is 0 Å². The number of carbonyl (C=O) groups excluding carboxylic acids is 2. The molecule has 2 aliphatic rings. The first-order valence-electron chi connectivity index (χ1n) is 9.26. The van der Waals surface area contributed by atoms with Crippen LogP contribution in [0.2, 0.25) is 5.02 Å². The van der Waals surface area contributed by atoms with Gasteiger partial charge in [-0.3, -0.25) is 14.5 Å². The Kier molecular flexibility index (Phi) is 6.88. The number of halogens is 1. The molecule has 1 N–H and O–H groups in total. The lowest BCUT2D eigenvalue weighted by molar-refractivity contribution is -0.127. The van der Waals surface area contributed by atoms with Gasteiger partial charge in [0.15, 0.2) is 0 Å². The molecule has 0 aliphatic carbocycles. The zero-order valence-corrected chi connectivity index (χ0v) is 15.7. The van der Waals surface area contributed by atoms with Crippen molar-refractivity contribution >= 4 is 23.4 Å². The first-order valence-corrected chi connectivity index (χ1v) is 9.63. The zero-order chi connectivity index (χ0) is 18.4. The molecule has 0 spiro atoms. The smallest absolute Gasteiger partial charge is 0.234 e. The minimum Gasteiger partial charge on any atom is -0.371 e. The lowest BCUT2D eigenvalue weighted by atomic mass is 10.1.